The Morgan fingerprint density at radius 3 is 2.57 bits per heavy atom. The molecule has 2 N–H and O–H groups in total. The van der Waals surface area contributed by atoms with Gasteiger partial charge in [-0.15, -0.1) is 0 Å². The molecule has 0 unspecified atom stereocenters. The second-order valence-electron chi connectivity index (χ2n) is 7.57. The lowest BCUT2D eigenvalue weighted by atomic mass is 10.1. The van der Waals surface area contributed by atoms with Crippen molar-refractivity contribution in [2.45, 2.75) is 13.5 Å². The molecule has 3 aromatic rings. The molecule has 0 bridgehead atoms. The zero-order valence-corrected chi connectivity index (χ0v) is 18.7. The van der Waals surface area contributed by atoms with Gasteiger partial charge in [0.05, 0.1) is 12.8 Å². The Labute approximate surface area is 199 Å². The van der Waals surface area contributed by atoms with Crippen molar-refractivity contribution >= 4 is 35.6 Å². The largest absolute Gasteiger partial charge is 0.493 e. The van der Waals surface area contributed by atoms with E-state index in [1.807, 2.05) is 13.0 Å². The van der Waals surface area contributed by atoms with Crippen LogP contribution in [0.1, 0.15) is 27.4 Å². The van der Waals surface area contributed by atoms with E-state index in [2.05, 4.69) is 5.32 Å². The molecule has 1 saturated heterocycles. The number of carboxylic acid groups (broad SMARTS) is 1. The van der Waals surface area contributed by atoms with E-state index in [0.717, 1.165) is 10.5 Å². The van der Waals surface area contributed by atoms with Gasteiger partial charge in [-0.2, -0.15) is 0 Å². The van der Waals surface area contributed by atoms with E-state index in [1.54, 1.807) is 36.4 Å². The van der Waals surface area contributed by atoms with Crippen LogP contribution in [0.15, 0.2) is 64.6 Å². The average molecular weight is 476 g/mol. The van der Waals surface area contributed by atoms with Crippen LogP contribution in [0.5, 0.6) is 11.5 Å². The molecule has 4 amide bonds. The smallest absolute Gasteiger partial charge is 0.371 e. The Bertz CT molecular complexity index is 1370. The van der Waals surface area contributed by atoms with Crippen LogP contribution in [0.3, 0.4) is 0 Å². The fourth-order valence-corrected chi connectivity index (χ4v) is 3.44. The van der Waals surface area contributed by atoms with Crippen LogP contribution < -0.4 is 19.7 Å². The number of methoxy groups -OCH3 is 1. The second kappa shape index (κ2) is 9.56. The molecule has 35 heavy (non-hydrogen) atoms. The van der Waals surface area contributed by atoms with Crippen LogP contribution in [0.2, 0.25) is 0 Å². The van der Waals surface area contributed by atoms with Crippen molar-refractivity contribution < 1.29 is 38.2 Å². The molecule has 178 valence electrons. The standard InChI is InChI=1S/C25H20N2O8/c1-14-4-3-5-16(10-14)27-23(29)18(22(28)26-25(27)32)11-15-6-8-19(21(12-15)33-2)34-13-17-7-9-20(35-17)24(30)31/h3-12H,13H2,1-2H3,(H,30,31)(H,26,28,32). The number of barbiturate groups is 1. The number of benzene rings is 2. The first-order valence-corrected chi connectivity index (χ1v) is 10.4. The van der Waals surface area contributed by atoms with E-state index < -0.39 is 23.8 Å². The Hall–Kier alpha value is -4.86. The summed E-state index contributed by atoms with van der Waals surface area (Å²) in [6.45, 7) is 1.78. The number of ether oxygens (including phenoxy) is 2. The summed E-state index contributed by atoms with van der Waals surface area (Å²) in [6, 6.07) is 13.5. The predicted molar refractivity (Wildman–Crippen MR) is 123 cm³/mol. The van der Waals surface area contributed by atoms with Gasteiger partial charge < -0.3 is 19.0 Å². The number of anilines is 1. The van der Waals surface area contributed by atoms with Gasteiger partial charge in [-0.3, -0.25) is 14.9 Å². The van der Waals surface area contributed by atoms with Gasteiger partial charge in [0.15, 0.2) is 11.5 Å². The van der Waals surface area contributed by atoms with E-state index in [4.69, 9.17) is 19.0 Å². The molecule has 0 spiro atoms. The van der Waals surface area contributed by atoms with E-state index in [-0.39, 0.29) is 17.9 Å². The van der Waals surface area contributed by atoms with Crippen LogP contribution in [0.4, 0.5) is 10.5 Å². The summed E-state index contributed by atoms with van der Waals surface area (Å²) < 4.78 is 16.2. The molecule has 1 aromatic heterocycles. The molecule has 10 nitrogen and oxygen atoms in total. The molecule has 1 aliphatic heterocycles. The van der Waals surface area contributed by atoms with Crippen molar-refractivity contribution in [2.24, 2.45) is 0 Å². The maximum absolute atomic E-state index is 13.1. The number of carboxylic acids is 1. The summed E-state index contributed by atoms with van der Waals surface area (Å²) in [4.78, 5) is 49.7. The minimum Gasteiger partial charge on any atom is -0.493 e. The summed E-state index contributed by atoms with van der Waals surface area (Å²) in [5.74, 6) is -2.01. The van der Waals surface area contributed by atoms with Crippen LogP contribution in [0.25, 0.3) is 6.08 Å². The number of carbonyl (C=O) groups excluding carboxylic acids is 3. The number of aryl methyl sites for hydroxylation is 1. The number of furan rings is 1. The topological polar surface area (TPSA) is 135 Å². The highest BCUT2D eigenvalue weighted by molar-refractivity contribution is 6.39. The van der Waals surface area contributed by atoms with Crippen molar-refractivity contribution in [1.29, 1.82) is 0 Å². The number of aromatic carboxylic acids is 1. The molecule has 2 heterocycles. The number of nitrogens with zero attached hydrogens (tertiary/aromatic N) is 1. The molecule has 10 heteroatoms. The molecule has 1 aliphatic rings. The summed E-state index contributed by atoms with van der Waals surface area (Å²) >= 11 is 0. The van der Waals surface area contributed by atoms with E-state index >= 15 is 0 Å². The third-order valence-electron chi connectivity index (χ3n) is 5.10. The summed E-state index contributed by atoms with van der Waals surface area (Å²) in [7, 11) is 1.42. The van der Waals surface area contributed by atoms with Crippen molar-refractivity contribution in [1.82, 2.24) is 5.32 Å². The number of nitrogens with one attached hydrogen (secondary N) is 1. The third-order valence-corrected chi connectivity index (χ3v) is 5.10. The number of rotatable bonds is 7. The lowest BCUT2D eigenvalue weighted by molar-refractivity contribution is -0.122. The van der Waals surface area contributed by atoms with Gasteiger partial charge in [0.2, 0.25) is 5.76 Å². The second-order valence-corrected chi connectivity index (χ2v) is 7.57. The molecule has 0 atom stereocenters. The fraction of sp³-hybridized carbons (Fsp3) is 0.120. The predicted octanol–water partition coefficient (Wildman–Crippen LogP) is 3.54. The number of amides is 4. The van der Waals surface area contributed by atoms with Gasteiger partial charge in [0.1, 0.15) is 17.9 Å². The molecule has 2 aromatic carbocycles. The van der Waals surface area contributed by atoms with Crippen LogP contribution in [-0.4, -0.2) is 36.0 Å². The summed E-state index contributed by atoms with van der Waals surface area (Å²) in [6.07, 6.45) is 1.35. The average Bonchev–Trinajstić information content (AvgIpc) is 3.30. The Balaban J connectivity index is 1.57. The number of hydrogen-bond acceptors (Lipinski definition) is 7. The Morgan fingerprint density at radius 2 is 1.89 bits per heavy atom. The van der Waals surface area contributed by atoms with Crippen molar-refractivity contribution in [3.63, 3.8) is 0 Å². The van der Waals surface area contributed by atoms with Crippen LogP contribution in [0, 0.1) is 6.92 Å². The lowest BCUT2D eigenvalue weighted by Gasteiger charge is -2.26. The number of carbonyl (C=O) groups is 4. The quantitative estimate of drug-likeness (QED) is 0.390. The maximum Gasteiger partial charge on any atom is 0.371 e. The zero-order valence-electron chi connectivity index (χ0n) is 18.7. The molecule has 0 saturated carbocycles. The minimum atomic E-state index is -1.19. The SMILES string of the molecule is COc1cc(C=C2C(=O)NC(=O)N(c3cccc(C)c3)C2=O)ccc1OCc1ccc(C(=O)O)o1. The van der Waals surface area contributed by atoms with Gasteiger partial charge in [0, 0.05) is 0 Å². The molecule has 1 fully saturated rings. The molecular formula is C25H20N2O8. The van der Waals surface area contributed by atoms with Gasteiger partial charge in [0.25, 0.3) is 11.8 Å². The first-order chi connectivity index (χ1) is 16.8. The number of imide groups is 2. The van der Waals surface area contributed by atoms with Crippen molar-refractivity contribution in [2.75, 3.05) is 12.0 Å². The molecular weight excluding hydrogens is 456 g/mol. The highest BCUT2D eigenvalue weighted by atomic mass is 16.5. The third kappa shape index (κ3) is 4.91. The van der Waals surface area contributed by atoms with Crippen molar-refractivity contribution in [3.8, 4) is 11.5 Å². The lowest BCUT2D eigenvalue weighted by Crippen LogP contribution is -2.54. The first kappa shape index (κ1) is 23.3. The fourth-order valence-electron chi connectivity index (χ4n) is 3.44. The van der Waals surface area contributed by atoms with Gasteiger partial charge in [-0.1, -0.05) is 18.2 Å². The first-order valence-electron chi connectivity index (χ1n) is 10.4. The molecule has 0 radical (unpaired) electrons. The van der Waals surface area contributed by atoms with Gasteiger partial charge in [-0.25, -0.2) is 14.5 Å². The van der Waals surface area contributed by atoms with E-state index in [9.17, 15) is 19.2 Å². The van der Waals surface area contributed by atoms with Crippen LogP contribution in [-0.2, 0) is 16.2 Å². The van der Waals surface area contributed by atoms with E-state index in [1.165, 1.54) is 25.3 Å². The summed E-state index contributed by atoms with van der Waals surface area (Å²) in [5.41, 5.74) is 1.42. The molecule has 4 rings (SSSR count). The Kier molecular flexibility index (Phi) is 6.36. The summed E-state index contributed by atoms with van der Waals surface area (Å²) in [5, 5.41) is 11.1. The van der Waals surface area contributed by atoms with Gasteiger partial charge in [-0.05, 0) is 60.5 Å². The minimum absolute atomic E-state index is 0.0431. The van der Waals surface area contributed by atoms with Gasteiger partial charge >= 0.3 is 12.0 Å². The van der Waals surface area contributed by atoms with E-state index in [0.29, 0.717) is 28.5 Å². The number of hydrogen-bond donors (Lipinski definition) is 2. The number of urea groups is 1. The van der Waals surface area contributed by atoms with Crippen LogP contribution >= 0.6 is 0 Å². The maximum atomic E-state index is 13.1. The van der Waals surface area contributed by atoms with Crippen molar-refractivity contribution in [3.05, 3.63) is 82.8 Å². The normalized spacial score (nSPS) is 14.7. The highest BCUT2D eigenvalue weighted by Gasteiger charge is 2.36. The highest BCUT2D eigenvalue weighted by Crippen LogP contribution is 2.31. The Morgan fingerprint density at radius 1 is 1.09 bits per heavy atom. The monoisotopic (exact) mass is 476 g/mol. The zero-order chi connectivity index (χ0) is 25.1. The molecule has 0 aliphatic carbocycles.